The van der Waals surface area contributed by atoms with Crippen LogP contribution in [0, 0.1) is 23.7 Å². The van der Waals surface area contributed by atoms with Gasteiger partial charge in [0.1, 0.15) is 17.7 Å². The van der Waals surface area contributed by atoms with Crippen molar-refractivity contribution in [3.63, 3.8) is 0 Å². The molecule has 5 N–H and O–H groups in total. The molecule has 4 heterocycles. The molecule has 9 atom stereocenters. The average Bonchev–Trinajstić information content (AvgIpc) is 4.17. The number of ether oxygens (including phenoxy) is 2. The summed E-state index contributed by atoms with van der Waals surface area (Å²) in [6.45, 7) is 8.45. The van der Waals surface area contributed by atoms with E-state index in [2.05, 4.69) is 75.2 Å². The van der Waals surface area contributed by atoms with Gasteiger partial charge in [0.25, 0.3) is 0 Å². The van der Waals surface area contributed by atoms with E-state index in [1.165, 1.54) is 60.4 Å². The molecular formula is C51H62N8O6. The highest BCUT2D eigenvalue weighted by Crippen LogP contribution is 2.56. The number of imidazole rings is 2. The van der Waals surface area contributed by atoms with Crippen LogP contribution in [0.2, 0.25) is 0 Å². The molecule has 4 fully saturated rings. The first-order chi connectivity index (χ1) is 31.4. The molecule has 5 aromatic rings. The molecule has 3 aromatic carbocycles. The number of piperidine rings is 1. The van der Waals surface area contributed by atoms with E-state index in [1.54, 1.807) is 0 Å². The minimum atomic E-state index is -1.22. The minimum Gasteiger partial charge on any atom is -0.453 e. The summed E-state index contributed by atoms with van der Waals surface area (Å²) in [4.78, 5) is 61.1. The monoisotopic (exact) mass is 882 g/mol. The lowest BCUT2D eigenvalue weighted by molar-refractivity contribution is -0.145. The van der Waals surface area contributed by atoms with E-state index in [0.717, 1.165) is 72.5 Å². The SMILES string of the molecule is COC(=O)NC(C(=O)N1C2CCC(C2)C1c1ncc(-c2ccc(-c3ccc(-c4ccc5nc(C6CCCN6C(=O)C(NC(O)OC)C(C)C)[nH]c5c4)c4c3CC3CCC43)cc2)[nH]1)C(C)C. The number of amides is 3. The summed E-state index contributed by atoms with van der Waals surface area (Å²) in [5, 5.41) is 15.9. The van der Waals surface area contributed by atoms with Crippen molar-refractivity contribution < 1.29 is 29.0 Å². The predicted octanol–water partition coefficient (Wildman–Crippen LogP) is 7.97. The Morgan fingerprint density at radius 1 is 0.815 bits per heavy atom. The van der Waals surface area contributed by atoms with Crippen LogP contribution in [0.3, 0.4) is 0 Å². The smallest absolute Gasteiger partial charge is 0.407 e. The van der Waals surface area contributed by atoms with E-state index in [-0.39, 0.29) is 41.8 Å². The summed E-state index contributed by atoms with van der Waals surface area (Å²) in [6, 6.07) is 18.4. The van der Waals surface area contributed by atoms with E-state index in [1.807, 2.05) is 43.7 Å². The van der Waals surface area contributed by atoms with Crippen molar-refractivity contribution in [1.82, 2.24) is 40.4 Å². The minimum absolute atomic E-state index is 0.0429. The van der Waals surface area contributed by atoms with E-state index >= 15 is 0 Å². The van der Waals surface area contributed by atoms with Crippen LogP contribution < -0.4 is 10.6 Å². The first-order valence-electron chi connectivity index (χ1n) is 23.7. The number of aliphatic hydroxyl groups is 1. The summed E-state index contributed by atoms with van der Waals surface area (Å²) >= 11 is 0. The number of hydrogen-bond donors (Lipinski definition) is 5. The van der Waals surface area contributed by atoms with Crippen molar-refractivity contribution in [3.05, 3.63) is 83.6 Å². The molecule has 0 spiro atoms. The van der Waals surface area contributed by atoms with E-state index in [4.69, 9.17) is 19.4 Å². The Balaban J connectivity index is 0.892. The van der Waals surface area contributed by atoms with Gasteiger partial charge in [-0.3, -0.25) is 14.9 Å². The molecule has 342 valence electrons. The number of fused-ring (bicyclic) bond motifs is 6. The van der Waals surface area contributed by atoms with Gasteiger partial charge in [-0.1, -0.05) is 70.2 Å². The first kappa shape index (κ1) is 43.3. The standard InChI is InChI=1S/C51H62N8O6/c1-26(2)43(56-50(62)64-5)48(60)58-21-7-8-41(58)46-53-38-20-15-31(24-39(38)54-46)36-19-18-34(37-23-30-14-17-35(30)42(36)37)28-9-11-29(12-10-28)40-25-52-47(55-40)45-32-13-16-33(22-32)59(45)49(61)44(27(3)4)57-51(63)65-6/h9-12,15,18-20,24-27,30,32-33,35,41,43-45,50,56,62H,7-8,13-14,16-17,21-23H2,1-6H3,(H,52,55)(H,53,54)(H,57,63). The number of nitrogens with zero attached hydrogens (tertiary/aromatic N) is 4. The number of alkyl carbamates (subject to hydrolysis) is 1. The lowest BCUT2D eigenvalue weighted by atomic mass is 9.73. The third-order valence-corrected chi connectivity index (χ3v) is 15.4. The van der Waals surface area contributed by atoms with Crippen LogP contribution in [0.5, 0.6) is 0 Å². The van der Waals surface area contributed by atoms with Gasteiger partial charge in [0.2, 0.25) is 18.2 Å². The number of carbonyl (C=O) groups is 3. The normalized spacial score (nSPS) is 24.6. The molecule has 2 aromatic heterocycles. The number of carbonyl (C=O) groups excluding carboxylic acids is 3. The van der Waals surface area contributed by atoms with Crippen molar-refractivity contribution in [1.29, 1.82) is 0 Å². The molecule has 3 amide bonds. The van der Waals surface area contributed by atoms with Gasteiger partial charge in [-0.2, -0.15) is 0 Å². The molecule has 3 aliphatic carbocycles. The Bertz CT molecular complexity index is 2600. The molecule has 0 radical (unpaired) electrons. The zero-order chi connectivity index (χ0) is 45.3. The van der Waals surface area contributed by atoms with Crippen LogP contribution in [0.4, 0.5) is 4.79 Å². The molecule has 65 heavy (non-hydrogen) atoms. The fourth-order valence-electron chi connectivity index (χ4n) is 11.9. The summed E-state index contributed by atoms with van der Waals surface area (Å²) in [5.74, 6) is 2.84. The number of methoxy groups -OCH3 is 2. The van der Waals surface area contributed by atoms with Crippen LogP contribution >= 0.6 is 0 Å². The Kier molecular flexibility index (Phi) is 11.6. The number of likely N-dealkylation sites (tertiary alicyclic amines) is 2. The maximum atomic E-state index is 14.1. The lowest BCUT2D eigenvalue weighted by Gasteiger charge is -2.37. The molecule has 2 bridgehead atoms. The van der Waals surface area contributed by atoms with Gasteiger partial charge in [-0.25, -0.2) is 14.8 Å². The fourth-order valence-corrected chi connectivity index (χ4v) is 11.9. The number of rotatable bonds is 13. The maximum Gasteiger partial charge on any atom is 0.407 e. The van der Waals surface area contributed by atoms with Crippen molar-refractivity contribution >= 4 is 28.9 Å². The summed E-state index contributed by atoms with van der Waals surface area (Å²) in [6.07, 6.45) is 8.25. The Labute approximate surface area is 380 Å². The Morgan fingerprint density at radius 2 is 1.55 bits per heavy atom. The Morgan fingerprint density at radius 3 is 2.28 bits per heavy atom. The molecule has 9 unspecified atom stereocenters. The van der Waals surface area contributed by atoms with Crippen molar-refractivity contribution in [2.45, 2.75) is 122 Å². The molecular weight excluding hydrogens is 821 g/mol. The number of aromatic nitrogens is 4. The highest BCUT2D eigenvalue weighted by Gasteiger charge is 2.51. The highest BCUT2D eigenvalue weighted by molar-refractivity contribution is 5.88. The van der Waals surface area contributed by atoms with Crippen LogP contribution in [0.15, 0.2) is 60.8 Å². The zero-order valence-electron chi connectivity index (χ0n) is 38.3. The third-order valence-electron chi connectivity index (χ3n) is 15.4. The molecule has 2 saturated heterocycles. The predicted molar refractivity (Wildman–Crippen MR) is 247 cm³/mol. The number of nitrogens with one attached hydrogen (secondary N) is 4. The second kappa shape index (κ2) is 17.3. The summed E-state index contributed by atoms with van der Waals surface area (Å²) in [5.41, 5.74) is 11.6. The topological polar surface area (TPSA) is 178 Å². The molecule has 14 nitrogen and oxygen atoms in total. The van der Waals surface area contributed by atoms with Crippen molar-refractivity contribution in [2.24, 2.45) is 23.7 Å². The van der Waals surface area contributed by atoms with Gasteiger partial charge in [0.05, 0.1) is 48.2 Å². The second-order valence-corrected chi connectivity index (χ2v) is 19.8. The molecule has 2 aliphatic heterocycles. The van der Waals surface area contributed by atoms with Crippen LogP contribution in [0.25, 0.3) is 44.5 Å². The molecule has 5 aliphatic rings. The van der Waals surface area contributed by atoms with Gasteiger partial charge in [-0.15, -0.1) is 0 Å². The van der Waals surface area contributed by atoms with E-state index in [0.29, 0.717) is 24.3 Å². The quantitative estimate of drug-likeness (QED) is 0.0734. The van der Waals surface area contributed by atoms with Crippen molar-refractivity contribution in [2.75, 3.05) is 20.8 Å². The van der Waals surface area contributed by atoms with Crippen LogP contribution in [-0.4, -0.2) is 98.1 Å². The zero-order valence-corrected chi connectivity index (χ0v) is 38.3. The number of H-pyrrole nitrogens is 2. The maximum absolute atomic E-state index is 14.1. The van der Waals surface area contributed by atoms with E-state index < -0.39 is 24.6 Å². The van der Waals surface area contributed by atoms with E-state index in [9.17, 15) is 19.5 Å². The number of aliphatic hydroxyl groups excluding tert-OH is 1. The molecule has 10 rings (SSSR count). The van der Waals surface area contributed by atoms with Gasteiger partial charge in [0, 0.05) is 19.7 Å². The fraction of sp³-hybridized carbons (Fsp3) is 0.510. The second-order valence-electron chi connectivity index (χ2n) is 19.8. The van der Waals surface area contributed by atoms with Gasteiger partial charge in [-0.05, 0) is 132 Å². The largest absolute Gasteiger partial charge is 0.453 e. The number of hydrogen-bond acceptors (Lipinski definition) is 9. The average molecular weight is 883 g/mol. The van der Waals surface area contributed by atoms with Gasteiger partial charge < -0.3 is 39.7 Å². The van der Waals surface area contributed by atoms with Crippen molar-refractivity contribution in [3.8, 4) is 33.5 Å². The Hall–Kier alpha value is -5.57. The third kappa shape index (κ3) is 7.70. The van der Waals surface area contributed by atoms with Crippen LogP contribution in [-0.2, 0) is 25.5 Å². The van der Waals surface area contributed by atoms with Gasteiger partial charge >= 0.3 is 6.09 Å². The van der Waals surface area contributed by atoms with Crippen LogP contribution in [0.1, 0.15) is 113 Å². The summed E-state index contributed by atoms with van der Waals surface area (Å²) < 4.78 is 9.87. The van der Waals surface area contributed by atoms with Gasteiger partial charge in [0.15, 0.2) is 0 Å². The highest BCUT2D eigenvalue weighted by atomic mass is 16.6. The molecule has 2 saturated carbocycles. The first-order valence-corrected chi connectivity index (χ1v) is 23.7. The molecule has 14 heteroatoms. The summed E-state index contributed by atoms with van der Waals surface area (Å²) in [7, 11) is 2.73. The number of aromatic amines is 2. The lowest BCUT2D eigenvalue weighted by Crippen LogP contribution is -2.54. The number of benzene rings is 3.